The lowest BCUT2D eigenvalue weighted by Crippen LogP contribution is -2.22. The van der Waals surface area contributed by atoms with E-state index in [1.807, 2.05) is 0 Å². The third-order valence-electron chi connectivity index (χ3n) is 0.619. The molecule has 8 heteroatoms. The molecular formula is C3H11N4O3P. The van der Waals surface area contributed by atoms with Gasteiger partial charge >= 0.3 is 7.75 Å². The van der Waals surface area contributed by atoms with Gasteiger partial charge in [0.15, 0.2) is 5.96 Å². The highest BCUT2D eigenvalue weighted by molar-refractivity contribution is 7.51. The second-order valence-corrected chi connectivity index (χ2v) is 3.08. The molecule has 11 heavy (non-hydrogen) atoms. The van der Waals surface area contributed by atoms with Crippen LogP contribution in [0.4, 0.5) is 0 Å². The van der Waals surface area contributed by atoms with E-state index in [9.17, 15) is 4.57 Å². The summed E-state index contributed by atoms with van der Waals surface area (Å²) in [4.78, 5) is 8.75. The van der Waals surface area contributed by atoms with Crippen molar-refractivity contribution in [2.75, 3.05) is 13.2 Å². The Morgan fingerprint density at radius 3 is 2.55 bits per heavy atom. The van der Waals surface area contributed by atoms with E-state index < -0.39 is 13.7 Å². The number of rotatable bonds is 4. The Labute approximate surface area is 63.8 Å². The molecule has 7 nitrogen and oxygen atoms in total. The molecule has 0 radical (unpaired) electrons. The molecule has 0 rings (SSSR count). The maximum absolute atomic E-state index is 10.7. The zero-order valence-corrected chi connectivity index (χ0v) is 6.70. The lowest BCUT2D eigenvalue weighted by Gasteiger charge is -2.04. The first-order valence-electron chi connectivity index (χ1n) is 2.76. The molecule has 7 N–H and O–H groups in total. The molecule has 0 fully saturated rings. The Balaban J connectivity index is 4.02. The molecule has 0 aromatic rings. The van der Waals surface area contributed by atoms with Crippen LogP contribution in [0.3, 0.4) is 0 Å². The third-order valence-corrected chi connectivity index (χ3v) is 1.62. The topological polar surface area (TPSA) is 137 Å². The van der Waals surface area contributed by atoms with E-state index in [0.717, 1.165) is 0 Å². The van der Waals surface area contributed by atoms with E-state index in [4.69, 9.17) is 22.1 Å². The van der Waals surface area contributed by atoms with Crippen molar-refractivity contribution in [2.45, 2.75) is 0 Å². The van der Waals surface area contributed by atoms with Gasteiger partial charge in [0.2, 0.25) is 0 Å². The average molecular weight is 182 g/mol. The van der Waals surface area contributed by atoms with Gasteiger partial charge in [0, 0.05) is 6.54 Å². The van der Waals surface area contributed by atoms with Crippen LogP contribution in [-0.4, -0.2) is 24.0 Å². The molecule has 0 aliphatic heterocycles. The summed E-state index contributed by atoms with van der Waals surface area (Å²) in [5.41, 5.74) is 14.7. The van der Waals surface area contributed by atoms with Gasteiger partial charge in [-0.15, -0.1) is 4.76 Å². The predicted octanol–water partition coefficient (Wildman–Crippen LogP) is -1.66. The minimum Gasteiger partial charge on any atom is -0.370 e. The SMILES string of the molecule is NCCOP(=O)(O)N=C(N)N. The second kappa shape index (κ2) is 4.30. The van der Waals surface area contributed by atoms with Crippen molar-refractivity contribution in [3.8, 4) is 0 Å². The number of hydrogen-bond donors (Lipinski definition) is 4. The summed E-state index contributed by atoms with van der Waals surface area (Å²) in [6, 6.07) is 0. The fourth-order valence-corrected chi connectivity index (χ4v) is 1.04. The molecule has 0 aromatic carbocycles. The van der Waals surface area contributed by atoms with Crippen LogP contribution in [0, 0.1) is 0 Å². The largest absolute Gasteiger partial charge is 0.454 e. The normalized spacial score (nSPS) is 15.5. The maximum atomic E-state index is 10.7. The molecule has 0 spiro atoms. The first-order valence-corrected chi connectivity index (χ1v) is 4.29. The lowest BCUT2D eigenvalue weighted by molar-refractivity contribution is 0.268. The van der Waals surface area contributed by atoms with E-state index in [1.165, 1.54) is 0 Å². The van der Waals surface area contributed by atoms with Gasteiger partial charge in [-0.05, 0) is 0 Å². The molecule has 0 bridgehead atoms. The molecule has 0 heterocycles. The smallest absolute Gasteiger partial charge is 0.370 e. The summed E-state index contributed by atoms with van der Waals surface area (Å²) in [7, 11) is -4.01. The van der Waals surface area contributed by atoms with Crippen molar-refractivity contribution in [3.63, 3.8) is 0 Å². The van der Waals surface area contributed by atoms with E-state index in [1.54, 1.807) is 0 Å². The molecular weight excluding hydrogens is 171 g/mol. The Morgan fingerprint density at radius 2 is 2.18 bits per heavy atom. The Hall–Kier alpha value is -0.620. The Bertz CT molecular complexity index is 189. The van der Waals surface area contributed by atoms with Crippen molar-refractivity contribution in [1.29, 1.82) is 0 Å². The van der Waals surface area contributed by atoms with Crippen molar-refractivity contribution >= 4 is 13.7 Å². The predicted molar refractivity (Wildman–Crippen MR) is 40.6 cm³/mol. The fraction of sp³-hybridized carbons (Fsp3) is 0.667. The molecule has 0 saturated heterocycles. The highest BCUT2D eigenvalue weighted by Gasteiger charge is 2.16. The van der Waals surface area contributed by atoms with Crippen LogP contribution < -0.4 is 17.2 Å². The number of nitrogens with zero attached hydrogens (tertiary/aromatic N) is 1. The fourth-order valence-electron chi connectivity index (χ4n) is 0.346. The zero-order valence-electron chi connectivity index (χ0n) is 5.80. The molecule has 0 aliphatic carbocycles. The van der Waals surface area contributed by atoms with Gasteiger partial charge in [-0.3, -0.25) is 4.52 Å². The maximum Gasteiger partial charge on any atom is 0.454 e. The van der Waals surface area contributed by atoms with Crippen molar-refractivity contribution in [3.05, 3.63) is 0 Å². The number of nitrogens with two attached hydrogens (primary N) is 3. The van der Waals surface area contributed by atoms with Crippen LogP contribution in [0.15, 0.2) is 4.76 Å². The second-order valence-electron chi connectivity index (χ2n) is 1.64. The number of guanidine groups is 1. The van der Waals surface area contributed by atoms with E-state index in [-0.39, 0.29) is 13.2 Å². The Morgan fingerprint density at radius 1 is 1.64 bits per heavy atom. The molecule has 0 aromatic heterocycles. The van der Waals surface area contributed by atoms with Gasteiger partial charge in [-0.1, -0.05) is 0 Å². The van der Waals surface area contributed by atoms with Crippen LogP contribution in [0.25, 0.3) is 0 Å². The van der Waals surface area contributed by atoms with Crippen LogP contribution >= 0.6 is 7.75 Å². The van der Waals surface area contributed by atoms with Gasteiger partial charge in [0.1, 0.15) is 0 Å². The number of hydrogen-bond acceptors (Lipinski definition) is 3. The molecule has 1 unspecified atom stereocenters. The minimum atomic E-state index is -4.01. The Kier molecular flexibility index (Phi) is 4.06. The van der Waals surface area contributed by atoms with Crippen LogP contribution in [0.5, 0.6) is 0 Å². The van der Waals surface area contributed by atoms with E-state index >= 15 is 0 Å². The quantitative estimate of drug-likeness (QED) is 0.233. The molecule has 0 amide bonds. The van der Waals surface area contributed by atoms with Gasteiger partial charge < -0.3 is 22.1 Å². The molecule has 66 valence electrons. The molecule has 0 saturated carbocycles. The van der Waals surface area contributed by atoms with Gasteiger partial charge in [0.25, 0.3) is 0 Å². The molecule has 1 atom stereocenters. The van der Waals surface area contributed by atoms with Crippen molar-refractivity contribution < 1.29 is 14.0 Å². The van der Waals surface area contributed by atoms with Crippen LogP contribution in [-0.2, 0) is 9.09 Å². The summed E-state index contributed by atoms with van der Waals surface area (Å²) in [6.45, 7) is 0.0646. The van der Waals surface area contributed by atoms with Crippen molar-refractivity contribution in [1.82, 2.24) is 0 Å². The monoisotopic (exact) mass is 182 g/mol. The van der Waals surface area contributed by atoms with Crippen molar-refractivity contribution in [2.24, 2.45) is 22.0 Å². The van der Waals surface area contributed by atoms with Gasteiger partial charge in [-0.2, -0.15) is 0 Å². The third kappa shape index (κ3) is 5.81. The standard InChI is InChI=1S/C3H11N4O3P/c4-1-2-10-11(8,9)7-3(5)6/h1-2,4H2,(H5,5,6,7,8,9). The first kappa shape index (κ1) is 10.4. The average Bonchev–Trinajstić information content (AvgIpc) is 1.81. The summed E-state index contributed by atoms with van der Waals surface area (Å²) >= 11 is 0. The zero-order chi connectivity index (χ0) is 8.91. The summed E-state index contributed by atoms with van der Waals surface area (Å²) in [5, 5.41) is 0. The highest BCUT2D eigenvalue weighted by atomic mass is 31.2. The summed E-state index contributed by atoms with van der Waals surface area (Å²) < 4.78 is 18.0. The summed E-state index contributed by atoms with van der Waals surface area (Å²) in [5.74, 6) is -0.493. The van der Waals surface area contributed by atoms with Crippen LogP contribution in [0.2, 0.25) is 0 Å². The first-order chi connectivity index (χ1) is 4.98. The lowest BCUT2D eigenvalue weighted by atomic mass is 10.8. The van der Waals surface area contributed by atoms with Gasteiger partial charge in [0.05, 0.1) is 6.61 Å². The molecule has 0 aliphatic rings. The minimum absolute atomic E-state index is 0.0649. The van der Waals surface area contributed by atoms with E-state index in [0.29, 0.717) is 0 Å². The van der Waals surface area contributed by atoms with Gasteiger partial charge in [-0.25, -0.2) is 4.57 Å². The van der Waals surface area contributed by atoms with E-state index in [2.05, 4.69) is 9.29 Å². The van der Waals surface area contributed by atoms with Crippen LogP contribution in [0.1, 0.15) is 0 Å². The highest BCUT2D eigenvalue weighted by Crippen LogP contribution is 2.42. The summed E-state index contributed by atoms with van der Waals surface area (Å²) in [6.07, 6.45) is 0.